The van der Waals surface area contributed by atoms with Crippen LogP contribution in [0.3, 0.4) is 0 Å². The number of nitrogens with zero attached hydrogens (tertiary/aromatic N) is 2. The van der Waals surface area contributed by atoms with Crippen molar-refractivity contribution in [1.29, 1.82) is 0 Å². The molecular formula is C19H19N3O2S. The van der Waals surface area contributed by atoms with Crippen molar-refractivity contribution in [3.05, 3.63) is 62.8 Å². The van der Waals surface area contributed by atoms with Crippen LogP contribution in [0.4, 0.5) is 0 Å². The maximum absolute atomic E-state index is 13.0. The molecular weight excluding hydrogens is 334 g/mol. The standard InChI is InChI=1S/C19H19N3O2S/c1-3-19(2)10-15-12(11-24-19)9-14-16(20-15)21-18(25)22(17(14)23)13-7-5-4-6-8-13/h4-9H,3,10-11H2,1-2H3,(H,20,21,25)/t19-/m0/s1. The van der Waals surface area contributed by atoms with Crippen molar-refractivity contribution in [1.82, 2.24) is 14.5 Å². The zero-order valence-electron chi connectivity index (χ0n) is 14.2. The molecule has 128 valence electrons. The molecule has 1 aromatic carbocycles. The van der Waals surface area contributed by atoms with E-state index >= 15 is 0 Å². The molecule has 2 aromatic heterocycles. The fraction of sp³-hybridized carbons (Fsp3) is 0.316. The van der Waals surface area contributed by atoms with Gasteiger partial charge < -0.3 is 9.72 Å². The van der Waals surface area contributed by atoms with Gasteiger partial charge >= 0.3 is 0 Å². The third-order valence-electron chi connectivity index (χ3n) is 4.93. The van der Waals surface area contributed by atoms with Crippen LogP contribution in [-0.4, -0.2) is 20.1 Å². The predicted molar refractivity (Wildman–Crippen MR) is 99.7 cm³/mol. The van der Waals surface area contributed by atoms with Gasteiger partial charge in [0.1, 0.15) is 5.65 Å². The lowest BCUT2D eigenvalue weighted by Gasteiger charge is -2.33. The van der Waals surface area contributed by atoms with Crippen LogP contribution in [-0.2, 0) is 17.8 Å². The van der Waals surface area contributed by atoms with Crippen LogP contribution in [0.25, 0.3) is 16.7 Å². The van der Waals surface area contributed by atoms with Crippen molar-refractivity contribution < 1.29 is 4.74 Å². The summed E-state index contributed by atoms with van der Waals surface area (Å²) in [6.07, 6.45) is 1.65. The lowest BCUT2D eigenvalue weighted by atomic mass is 9.91. The molecule has 0 amide bonds. The van der Waals surface area contributed by atoms with Crippen LogP contribution in [0, 0.1) is 4.77 Å². The summed E-state index contributed by atoms with van der Waals surface area (Å²) in [5, 5.41) is 0.528. The van der Waals surface area contributed by atoms with E-state index < -0.39 is 0 Å². The zero-order chi connectivity index (χ0) is 17.6. The van der Waals surface area contributed by atoms with Crippen LogP contribution in [0.2, 0.25) is 0 Å². The Hall–Kier alpha value is -2.31. The third kappa shape index (κ3) is 2.71. The first-order valence-corrected chi connectivity index (χ1v) is 8.79. The Bertz CT molecular complexity index is 1070. The molecule has 0 radical (unpaired) electrons. The van der Waals surface area contributed by atoms with Gasteiger partial charge in [0, 0.05) is 12.0 Å². The average Bonchev–Trinajstić information content (AvgIpc) is 2.61. The quantitative estimate of drug-likeness (QED) is 0.714. The van der Waals surface area contributed by atoms with Gasteiger partial charge in [-0.25, -0.2) is 4.98 Å². The van der Waals surface area contributed by atoms with Crippen molar-refractivity contribution in [3.8, 4) is 5.69 Å². The summed E-state index contributed by atoms with van der Waals surface area (Å²) >= 11 is 5.41. The van der Waals surface area contributed by atoms with Crippen LogP contribution in [0.5, 0.6) is 0 Å². The topological polar surface area (TPSA) is 59.9 Å². The molecule has 5 nitrogen and oxygen atoms in total. The number of aromatic nitrogens is 3. The van der Waals surface area contributed by atoms with Gasteiger partial charge in [-0.05, 0) is 43.8 Å². The number of hydrogen-bond donors (Lipinski definition) is 1. The minimum absolute atomic E-state index is 0.163. The molecule has 0 saturated heterocycles. The Morgan fingerprint density at radius 1 is 1.36 bits per heavy atom. The van der Waals surface area contributed by atoms with Crippen molar-refractivity contribution in [3.63, 3.8) is 0 Å². The van der Waals surface area contributed by atoms with Crippen LogP contribution >= 0.6 is 12.2 Å². The van der Waals surface area contributed by atoms with Gasteiger partial charge in [0.2, 0.25) is 0 Å². The minimum Gasteiger partial charge on any atom is -0.370 e. The first-order chi connectivity index (χ1) is 12.0. The van der Waals surface area contributed by atoms with Gasteiger partial charge in [-0.15, -0.1) is 0 Å². The second-order valence-electron chi connectivity index (χ2n) is 6.67. The smallest absolute Gasteiger partial charge is 0.268 e. The Morgan fingerprint density at radius 3 is 2.84 bits per heavy atom. The minimum atomic E-state index is -0.205. The van der Waals surface area contributed by atoms with E-state index in [4.69, 9.17) is 21.9 Å². The molecule has 6 heteroatoms. The lowest BCUT2D eigenvalue weighted by molar-refractivity contribution is -0.0573. The monoisotopic (exact) mass is 353 g/mol. The number of pyridine rings is 1. The molecule has 3 heterocycles. The van der Waals surface area contributed by atoms with E-state index in [1.54, 1.807) is 0 Å². The van der Waals surface area contributed by atoms with Gasteiger partial charge in [0.05, 0.1) is 29.0 Å². The Labute approximate surface area is 150 Å². The summed E-state index contributed by atoms with van der Waals surface area (Å²) in [4.78, 5) is 20.8. The highest BCUT2D eigenvalue weighted by Gasteiger charge is 2.30. The second kappa shape index (κ2) is 5.89. The maximum atomic E-state index is 13.0. The maximum Gasteiger partial charge on any atom is 0.268 e. The Kier molecular flexibility index (Phi) is 3.81. The first-order valence-electron chi connectivity index (χ1n) is 8.38. The number of rotatable bonds is 2. The first kappa shape index (κ1) is 16.2. The van der Waals surface area contributed by atoms with E-state index in [1.807, 2.05) is 36.4 Å². The molecule has 0 saturated carbocycles. The molecule has 4 rings (SSSR count). The number of para-hydroxylation sites is 1. The molecule has 3 aromatic rings. The summed E-state index contributed by atoms with van der Waals surface area (Å²) in [6, 6.07) is 11.3. The summed E-state index contributed by atoms with van der Waals surface area (Å²) in [6.45, 7) is 4.68. The molecule has 1 aliphatic rings. The van der Waals surface area contributed by atoms with E-state index in [0.29, 0.717) is 22.4 Å². The molecule has 0 bridgehead atoms. The Balaban J connectivity index is 1.94. The second-order valence-corrected chi connectivity index (χ2v) is 7.05. The molecule has 0 spiro atoms. The van der Waals surface area contributed by atoms with Crippen LogP contribution in [0.15, 0.2) is 41.2 Å². The fourth-order valence-electron chi connectivity index (χ4n) is 3.19. The highest BCUT2D eigenvalue weighted by atomic mass is 32.1. The van der Waals surface area contributed by atoms with Gasteiger partial charge in [0.25, 0.3) is 5.56 Å². The average molecular weight is 353 g/mol. The number of benzene rings is 1. The van der Waals surface area contributed by atoms with E-state index in [9.17, 15) is 4.79 Å². The molecule has 25 heavy (non-hydrogen) atoms. The van der Waals surface area contributed by atoms with Crippen LogP contribution in [0.1, 0.15) is 31.5 Å². The number of H-pyrrole nitrogens is 1. The molecule has 0 aliphatic carbocycles. The number of fused-ring (bicyclic) bond motifs is 2. The molecule has 1 aliphatic heterocycles. The van der Waals surface area contributed by atoms with E-state index in [-0.39, 0.29) is 11.2 Å². The highest BCUT2D eigenvalue weighted by molar-refractivity contribution is 7.71. The van der Waals surface area contributed by atoms with Crippen molar-refractivity contribution in [2.75, 3.05) is 0 Å². The molecule has 0 fully saturated rings. The highest BCUT2D eigenvalue weighted by Crippen LogP contribution is 2.30. The lowest BCUT2D eigenvalue weighted by Crippen LogP contribution is -2.35. The number of hydrogen-bond acceptors (Lipinski definition) is 4. The molecule has 0 unspecified atom stereocenters. The van der Waals surface area contributed by atoms with Crippen LogP contribution < -0.4 is 5.56 Å². The van der Waals surface area contributed by atoms with E-state index in [1.165, 1.54) is 4.57 Å². The summed E-state index contributed by atoms with van der Waals surface area (Å²) < 4.78 is 7.84. The van der Waals surface area contributed by atoms with Gasteiger partial charge in [-0.2, -0.15) is 0 Å². The largest absolute Gasteiger partial charge is 0.370 e. The predicted octanol–water partition coefficient (Wildman–Crippen LogP) is 3.68. The van der Waals surface area contributed by atoms with Crippen molar-refractivity contribution in [2.45, 2.75) is 38.9 Å². The normalized spacial score (nSPS) is 19.8. The summed E-state index contributed by atoms with van der Waals surface area (Å²) in [7, 11) is 0. The van der Waals surface area contributed by atoms with E-state index in [0.717, 1.165) is 29.8 Å². The third-order valence-corrected chi connectivity index (χ3v) is 5.22. The van der Waals surface area contributed by atoms with E-state index in [2.05, 4.69) is 18.8 Å². The zero-order valence-corrected chi connectivity index (χ0v) is 15.0. The molecule has 1 N–H and O–H groups in total. The molecule has 1 atom stereocenters. The Morgan fingerprint density at radius 2 is 2.12 bits per heavy atom. The SMILES string of the molecule is CC[C@@]1(C)Cc2nc3[nH]c(=S)n(-c4ccccc4)c(=O)c3cc2CO1. The number of ether oxygens (including phenoxy) is 1. The summed E-state index contributed by atoms with van der Waals surface area (Å²) in [5.74, 6) is 0. The van der Waals surface area contributed by atoms with Crippen molar-refractivity contribution >= 4 is 23.3 Å². The van der Waals surface area contributed by atoms with Gasteiger partial charge in [-0.3, -0.25) is 9.36 Å². The van der Waals surface area contributed by atoms with Crippen molar-refractivity contribution in [2.24, 2.45) is 0 Å². The fourth-order valence-corrected chi connectivity index (χ4v) is 3.48. The van der Waals surface area contributed by atoms with Gasteiger partial charge in [0.15, 0.2) is 4.77 Å². The van der Waals surface area contributed by atoms with Gasteiger partial charge in [-0.1, -0.05) is 25.1 Å². The number of nitrogens with one attached hydrogen (secondary N) is 1. The number of aromatic amines is 1. The summed E-state index contributed by atoms with van der Waals surface area (Å²) in [5.41, 5.74) is 2.86.